The first-order chi connectivity index (χ1) is 11.7. The zero-order valence-corrected chi connectivity index (χ0v) is 13.9. The van der Waals surface area contributed by atoms with Gasteiger partial charge >= 0.3 is 0 Å². The Kier molecular flexibility index (Phi) is 5.43. The molecule has 0 radical (unpaired) electrons. The summed E-state index contributed by atoms with van der Waals surface area (Å²) in [5.41, 5.74) is 8.92. The summed E-state index contributed by atoms with van der Waals surface area (Å²) >= 11 is 0. The molecule has 1 aliphatic heterocycles. The van der Waals surface area contributed by atoms with Crippen molar-refractivity contribution < 1.29 is 4.79 Å². The van der Waals surface area contributed by atoms with E-state index in [1.54, 1.807) is 12.4 Å². The SMILES string of the molecule is Nc1cncc(-c2cccc(C(=O)NCCCN3CCCC3)c2)c1. The van der Waals surface area contributed by atoms with E-state index >= 15 is 0 Å². The molecule has 0 unspecified atom stereocenters. The molecule has 5 heteroatoms. The molecule has 3 N–H and O–H groups in total. The van der Waals surface area contributed by atoms with E-state index in [2.05, 4.69) is 15.2 Å². The zero-order valence-electron chi connectivity index (χ0n) is 13.9. The maximum absolute atomic E-state index is 12.3. The number of aromatic nitrogens is 1. The first-order valence-electron chi connectivity index (χ1n) is 8.54. The Morgan fingerprint density at radius 3 is 2.79 bits per heavy atom. The topological polar surface area (TPSA) is 71.2 Å². The number of likely N-dealkylation sites (tertiary alicyclic amines) is 1. The Morgan fingerprint density at radius 1 is 1.17 bits per heavy atom. The highest BCUT2D eigenvalue weighted by Crippen LogP contribution is 2.21. The molecule has 0 spiro atoms. The van der Waals surface area contributed by atoms with Crippen LogP contribution >= 0.6 is 0 Å². The van der Waals surface area contributed by atoms with E-state index in [0.29, 0.717) is 17.8 Å². The summed E-state index contributed by atoms with van der Waals surface area (Å²) in [6.45, 7) is 4.17. The van der Waals surface area contributed by atoms with Gasteiger partial charge in [-0.3, -0.25) is 9.78 Å². The van der Waals surface area contributed by atoms with Gasteiger partial charge in [0.25, 0.3) is 5.91 Å². The number of anilines is 1. The lowest BCUT2D eigenvalue weighted by molar-refractivity contribution is 0.0952. The molecular formula is C19H24N4O. The number of nitrogens with one attached hydrogen (secondary N) is 1. The fourth-order valence-corrected chi connectivity index (χ4v) is 3.07. The van der Waals surface area contributed by atoms with Crippen molar-refractivity contribution in [3.8, 4) is 11.1 Å². The van der Waals surface area contributed by atoms with Crippen molar-refractivity contribution in [2.24, 2.45) is 0 Å². The second-order valence-corrected chi connectivity index (χ2v) is 6.25. The van der Waals surface area contributed by atoms with E-state index in [1.807, 2.05) is 30.3 Å². The highest BCUT2D eigenvalue weighted by atomic mass is 16.1. The van der Waals surface area contributed by atoms with Crippen molar-refractivity contribution in [1.82, 2.24) is 15.2 Å². The highest BCUT2D eigenvalue weighted by Gasteiger charge is 2.11. The third-order valence-electron chi connectivity index (χ3n) is 4.35. The molecule has 0 bridgehead atoms. The third-order valence-corrected chi connectivity index (χ3v) is 4.35. The number of nitrogen functional groups attached to an aromatic ring is 1. The standard InChI is InChI=1S/C19H24N4O/c20-18-12-17(13-21-14-18)15-5-3-6-16(11-15)19(24)22-7-4-10-23-8-1-2-9-23/h3,5-6,11-14H,1-2,4,7-10,20H2,(H,22,24). The van der Waals surface area contributed by atoms with Gasteiger partial charge in [-0.25, -0.2) is 0 Å². The number of carbonyl (C=O) groups is 1. The molecule has 0 saturated carbocycles. The summed E-state index contributed by atoms with van der Waals surface area (Å²) < 4.78 is 0. The predicted molar refractivity (Wildman–Crippen MR) is 96.7 cm³/mol. The Labute approximate surface area is 142 Å². The maximum atomic E-state index is 12.3. The van der Waals surface area contributed by atoms with Crippen molar-refractivity contribution >= 4 is 11.6 Å². The smallest absolute Gasteiger partial charge is 0.251 e. The van der Waals surface area contributed by atoms with Crippen LogP contribution < -0.4 is 11.1 Å². The molecule has 0 aliphatic carbocycles. The molecule has 1 aromatic heterocycles. The normalized spacial score (nSPS) is 14.7. The number of nitrogens with zero attached hydrogens (tertiary/aromatic N) is 2. The zero-order chi connectivity index (χ0) is 16.8. The van der Waals surface area contributed by atoms with Gasteiger partial charge in [-0.05, 0) is 62.7 Å². The number of carbonyl (C=O) groups excluding carboxylic acids is 1. The van der Waals surface area contributed by atoms with Gasteiger partial charge < -0.3 is 16.0 Å². The fourth-order valence-electron chi connectivity index (χ4n) is 3.07. The van der Waals surface area contributed by atoms with Crippen molar-refractivity contribution in [2.75, 3.05) is 31.9 Å². The van der Waals surface area contributed by atoms with Crippen molar-refractivity contribution in [3.05, 3.63) is 48.3 Å². The highest BCUT2D eigenvalue weighted by molar-refractivity contribution is 5.95. The molecule has 24 heavy (non-hydrogen) atoms. The van der Waals surface area contributed by atoms with Crippen LogP contribution in [-0.2, 0) is 0 Å². The molecule has 2 aromatic rings. The Bertz CT molecular complexity index is 695. The van der Waals surface area contributed by atoms with Gasteiger partial charge in [-0.1, -0.05) is 12.1 Å². The molecule has 1 saturated heterocycles. The minimum Gasteiger partial charge on any atom is -0.397 e. The molecule has 0 atom stereocenters. The second-order valence-electron chi connectivity index (χ2n) is 6.25. The van der Waals surface area contributed by atoms with Gasteiger partial charge in [0.2, 0.25) is 0 Å². The number of hydrogen-bond acceptors (Lipinski definition) is 4. The van der Waals surface area contributed by atoms with E-state index in [4.69, 9.17) is 5.73 Å². The largest absolute Gasteiger partial charge is 0.397 e. The van der Waals surface area contributed by atoms with Gasteiger partial charge in [0.05, 0.1) is 5.69 Å². The van der Waals surface area contributed by atoms with Crippen LogP contribution in [0.1, 0.15) is 29.6 Å². The Hall–Kier alpha value is -2.40. The van der Waals surface area contributed by atoms with Crippen LogP contribution in [0.4, 0.5) is 5.69 Å². The molecule has 1 aliphatic rings. The quantitative estimate of drug-likeness (QED) is 0.801. The fraction of sp³-hybridized carbons (Fsp3) is 0.368. The maximum Gasteiger partial charge on any atom is 0.251 e. The first-order valence-corrected chi connectivity index (χ1v) is 8.54. The van der Waals surface area contributed by atoms with Gasteiger partial charge in [0.15, 0.2) is 0 Å². The number of hydrogen-bond donors (Lipinski definition) is 2. The molecule has 126 valence electrons. The molecular weight excluding hydrogens is 300 g/mol. The lowest BCUT2D eigenvalue weighted by Gasteiger charge is -2.14. The minimum absolute atomic E-state index is 0.0323. The van der Waals surface area contributed by atoms with Crippen LogP contribution in [0.25, 0.3) is 11.1 Å². The summed E-state index contributed by atoms with van der Waals surface area (Å²) in [5.74, 6) is -0.0323. The average molecular weight is 324 g/mol. The summed E-state index contributed by atoms with van der Waals surface area (Å²) in [6, 6.07) is 9.42. The average Bonchev–Trinajstić information content (AvgIpc) is 3.12. The Balaban J connectivity index is 1.56. The van der Waals surface area contributed by atoms with Crippen LogP contribution in [0, 0.1) is 0 Å². The minimum atomic E-state index is -0.0323. The summed E-state index contributed by atoms with van der Waals surface area (Å²) in [7, 11) is 0. The summed E-state index contributed by atoms with van der Waals surface area (Å²) in [6.07, 6.45) is 6.96. The summed E-state index contributed by atoms with van der Waals surface area (Å²) in [4.78, 5) is 18.9. The van der Waals surface area contributed by atoms with Crippen LogP contribution in [0.15, 0.2) is 42.7 Å². The number of pyridine rings is 1. The van der Waals surface area contributed by atoms with Gasteiger partial charge in [-0.15, -0.1) is 0 Å². The third kappa shape index (κ3) is 4.32. The number of nitrogens with two attached hydrogens (primary N) is 1. The van der Waals surface area contributed by atoms with E-state index in [1.165, 1.54) is 25.9 Å². The lowest BCUT2D eigenvalue weighted by Crippen LogP contribution is -2.28. The van der Waals surface area contributed by atoms with E-state index < -0.39 is 0 Å². The van der Waals surface area contributed by atoms with Crippen molar-refractivity contribution in [2.45, 2.75) is 19.3 Å². The van der Waals surface area contributed by atoms with Crippen LogP contribution in [0.3, 0.4) is 0 Å². The van der Waals surface area contributed by atoms with Gasteiger partial charge in [0, 0.05) is 30.1 Å². The number of amides is 1. The second kappa shape index (κ2) is 7.93. The lowest BCUT2D eigenvalue weighted by atomic mass is 10.0. The van der Waals surface area contributed by atoms with E-state index in [-0.39, 0.29) is 5.91 Å². The van der Waals surface area contributed by atoms with Crippen molar-refractivity contribution in [1.29, 1.82) is 0 Å². The van der Waals surface area contributed by atoms with Gasteiger partial charge in [0.1, 0.15) is 0 Å². The molecule has 1 aromatic carbocycles. The number of rotatable bonds is 6. The van der Waals surface area contributed by atoms with E-state index in [9.17, 15) is 4.79 Å². The van der Waals surface area contributed by atoms with E-state index in [0.717, 1.165) is 24.1 Å². The van der Waals surface area contributed by atoms with Gasteiger partial charge in [-0.2, -0.15) is 0 Å². The Morgan fingerprint density at radius 2 is 2.00 bits per heavy atom. The molecule has 3 rings (SSSR count). The molecule has 1 fully saturated rings. The molecule has 2 heterocycles. The summed E-state index contributed by atoms with van der Waals surface area (Å²) in [5, 5.41) is 3.01. The monoisotopic (exact) mass is 324 g/mol. The number of benzene rings is 1. The first kappa shape index (κ1) is 16.5. The predicted octanol–water partition coefficient (Wildman–Crippen LogP) is 2.55. The van der Waals surface area contributed by atoms with Crippen LogP contribution in [-0.4, -0.2) is 42.0 Å². The van der Waals surface area contributed by atoms with Crippen LogP contribution in [0.5, 0.6) is 0 Å². The van der Waals surface area contributed by atoms with Crippen molar-refractivity contribution in [3.63, 3.8) is 0 Å². The molecule has 1 amide bonds. The molecule has 5 nitrogen and oxygen atoms in total. The van der Waals surface area contributed by atoms with Crippen LogP contribution in [0.2, 0.25) is 0 Å².